The molecule has 0 atom stereocenters. The van der Waals surface area contributed by atoms with Crippen LogP contribution >= 0.6 is 23.2 Å². The molecule has 0 radical (unpaired) electrons. The lowest BCUT2D eigenvalue weighted by atomic mass is 10.1. The molecule has 1 aliphatic rings. The second kappa shape index (κ2) is 12.8. The number of ether oxygens (including phenoxy) is 3. The molecule has 4 rings (SSSR count). The summed E-state index contributed by atoms with van der Waals surface area (Å²) in [5.41, 5.74) is 1.58. The molecule has 1 aliphatic heterocycles. The van der Waals surface area contributed by atoms with E-state index in [1.54, 1.807) is 18.2 Å². The molecule has 0 aliphatic carbocycles. The maximum absolute atomic E-state index is 13.2. The van der Waals surface area contributed by atoms with Crippen LogP contribution in [0.4, 0.5) is 16.2 Å². The molecule has 0 bridgehead atoms. The standard InChI is InChI=1S/C29H23Cl2N3O8/c1-15-4-7-18(13-21(15)30)32-24(35)14-42-25-22(31)11-16(12-23(25)40-2)10-20-26(36)33-29(39)34(27(20)37)19-8-5-17(6-9-19)28(38)41-3/h4-13H,14H2,1-3H3,(H,32,35)(H,33,36,39)/b20-10-. The molecule has 1 fully saturated rings. The van der Waals surface area contributed by atoms with Gasteiger partial charge in [-0.25, -0.2) is 14.5 Å². The summed E-state index contributed by atoms with van der Waals surface area (Å²) in [5, 5.41) is 5.31. The number of hydrogen-bond acceptors (Lipinski definition) is 8. The molecule has 11 nitrogen and oxygen atoms in total. The molecule has 42 heavy (non-hydrogen) atoms. The number of halogens is 2. The lowest BCUT2D eigenvalue weighted by Crippen LogP contribution is -2.54. The minimum Gasteiger partial charge on any atom is -0.493 e. The number of amides is 5. The number of barbiturate groups is 1. The van der Waals surface area contributed by atoms with E-state index in [-0.39, 0.29) is 38.9 Å². The van der Waals surface area contributed by atoms with E-state index >= 15 is 0 Å². The van der Waals surface area contributed by atoms with Gasteiger partial charge >= 0.3 is 12.0 Å². The third kappa shape index (κ3) is 6.54. The van der Waals surface area contributed by atoms with E-state index < -0.39 is 36.3 Å². The molecule has 5 amide bonds. The largest absolute Gasteiger partial charge is 0.493 e. The van der Waals surface area contributed by atoms with Gasteiger partial charge in [0.1, 0.15) is 5.57 Å². The number of urea groups is 1. The van der Waals surface area contributed by atoms with Gasteiger partial charge in [-0.1, -0.05) is 29.3 Å². The van der Waals surface area contributed by atoms with Crippen LogP contribution in [-0.4, -0.2) is 50.5 Å². The second-order valence-corrected chi connectivity index (χ2v) is 9.65. The fraction of sp³-hybridized carbons (Fsp3) is 0.138. The second-order valence-electron chi connectivity index (χ2n) is 8.83. The Hall–Kier alpha value is -4.87. The summed E-state index contributed by atoms with van der Waals surface area (Å²) in [6, 6.07) is 12.4. The van der Waals surface area contributed by atoms with Gasteiger partial charge in [0.2, 0.25) is 0 Å². The predicted molar refractivity (Wildman–Crippen MR) is 155 cm³/mol. The number of methoxy groups -OCH3 is 2. The van der Waals surface area contributed by atoms with Gasteiger partial charge in [-0.05, 0) is 72.7 Å². The van der Waals surface area contributed by atoms with Gasteiger partial charge in [0, 0.05) is 10.7 Å². The third-order valence-corrected chi connectivity index (χ3v) is 6.70. The summed E-state index contributed by atoms with van der Waals surface area (Å²) in [5.74, 6) is -2.72. The Morgan fingerprint density at radius 2 is 1.69 bits per heavy atom. The number of anilines is 2. The van der Waals surface area contributed by atoms with Crippen molar-refractivity contribution in [1.82, 2.24) is 5.32 Å². The van der Waals surface area contributed by atoms with E-state index in [9.17, 15) is 24.0 Å². The average molecular weight is 612 g/mol. The Balaban J connectivity index is 1.54. The van der Waals surface area contributed by atoms with E-state index in [0.29, 0.717) is 10.7 Å². The van der Waals surface area contributed by atoms with Crippen LogP contribution in [0, 0.1) is 6.92 Å². The Labute approximate surface area is 249 Å². The number of hydrogen-bond donors (Lipinski definition) is 2. The third-order valence-electron chi connectivity index (χ3n) is 6.01. The number of rotatable bonds is 8. The van der Waals surface area contributed by atoms with Crippen LogP contribution in [0.15, 0.2) is 60.2 Å². The number of carbonyl (C=O) groups excluding carboxylic acids is 5. The zero-order chi connectivity index (χ0) is 30.6. The van der Waals surface area contributed by atoms with Crippen LogP contribution in [0.1, 0.15) is 21.5 Å². The summed E-state index contributed by atoms with van der Waals surface area (Å²) in [6.07, 6.45) is 1.23. The van der Waals surface area contributed by atoms with E-state index in [0.717, 1.165) is 10.5 Å². The molecular weight excluding hydrogens is 589 g/mol. The normalized spacial score (nSPS) is 14.0. The number of nitrogens with one attached hydrogen (secondary N) is 2. The summed E-state index contributed by atoms with van der Waals surface area (Å²) in [6.45, 7) is 1.43. The maximum Gasteiger partial charge on any atom is 0.337 e. The first kappa shape index (κ1) is 30.1. The van der Waals surface area contributed by atoms with Gasteiger partial charge in [0.15, 0.2) is 18.1 Å². The predicted octanol–water partition coefficient (Wildman–Crippen LogP) is 4.78. The lowest BCUT2D eigenvalue weighted by molar-refractivity contribution is -0.122. The fourth-order valence-electron chi connectivity index (χ4n) is 3.89. The topological polar surface area (TPSA) is 140 Å². The zero-order valence-electron chi connectivity index (χ0n) is 22.4. The first-order chi connectivity index (χ1) is 20.0. The first-order valence-electron chi connectivity index (χ1n) is 12.2. The number of benzene rings is 3. The average Bonchev–Trinajstić information content (AvgIpc) is 2.96. The summed E-state index contributed by atoms with van der Waals surface area (Å²) in [4.78, 5) is 63.3. The van der Waals surface area contributed by atoms with Gasteiger partial charge < -0.3 is 19.5 Å². The molecule has 0 aromatic heterocycles. The SMILES string of the molecule is COC(=O)c1ccc(N2C(=O)NC(=O)/C(=C/c3cc(Cl)c(OCC(=O)Nc4ccc(C)c(Cl)c4)c(OC)c3)C2=O)cc1. The highest BCUT2D eigenvalue weighted by Crippen LogP contribution is 2.37. The Morgan fingerprint density at radius 1 is 0.976 bits per heavy atom. The molecule has 3 aromatic rings. The van der Waals surface area contributed by atoms with Crippen molar-refractivity contribution in [3.63, 3.8) is 0 Å². The van der Waals surface area contributed by atoms with Crippen molar-refractivity contribution >= 4 is 70.4 Å². The van der Waals surface area contributed by atoms with E-state index in [4.69, 9.17) is 32.7 Å². The van der Waals surface area contributed by atoms with Crippen LogP contribution in [0.3, 0.4) is 0 Å². The molecule has 0 unspecified atom stereocenters. The number of imide groups is 2. The molecular formula is C29H23Cl2N3O8. The van der Waals surface area contributed by atoms with Crippen molar-refractivity contribution in [3.05, 3.63) is 86.9 Å². The smallest absolute Gasteiger partial charge is 0.337 e. The quantitative estimate of drug-likeness (QED) is 0.211. The van der Waals surface area contributed by atoms with Crippen LogP contribution < -0.4 is 25.0 Å². The summed E-state index contributed by atoms with van der Waals surface area (Å²) in [7, 11) is 2.57. The van der Waals surface area contributed by atoms with Crippen LogP contribution in [0.25, 0.3) is 6.08 Å². The Morgan fingerprint density at radius 3 is 2.33 bits per heavy atom. The van der Waals surface area contributed by atoms with E-state index in [1.165, 1.54) is 56.7 Å². The molecule has 216 valence electrons. The Kier molecular flexibility index (Phi) is 9.14. The van der Waals surface area contributed by atoms with Crippen LogP contribution in [-0.2, 0) is 19.1 Å². The highest BCUT2D eigenvalue weighted by molar-refractivity contribution is 6.39. The lowest BCUT2D eigenvalue weighted by Gasteiger charge is -2.26. The number of carbonyl (C=O) groups is 5. The molecule has 3 aromatic carbocycles. The summed E-state index contributed by atoms with van der Waals surface area (Å²) < 4.78 is 15.6. The van der Waals surface area contributed by atoms with Crippen molar-refractivity contribution in [2.24, 2.45) is 0 Å². The summed E-state index contributed by atoms with van der Waals surface area (Å²) >= 11 is 12.5. The van der Waals surface area contributed by atoms with Crippen LogP contribution in [0.5, 0.6) is 11.5 Å². The molecule has 1 heterocycles. The number of nitrogens with zero attached hydrogens (tertiary/aromatic N) is 1. The van der Waals surface area contributed by atoms with Gasteiger partial charge in [-0.2, -0.15) is 0 Å². The number of esters is 1. The first-order valence-corrected chi connectivity index (χ1v) is 12.9. The van der Waals surface area contributed by atoms with Gasteiger partial charge in [0.05, 0.1) is 30.5 Å². The minimum atomic E-state index is -0.960. The van der Waals surface area contributed by atoms with Gasteiger partial charge in [0.25, 0.3) is 17.7 Å². The van der Waals surface area contributed by atoms with E-state index in [1.807, 2.05) is 6.92 Å². The van der Waals surface area contributed by atoms with Crippen molar-refractivity contribution in [3.8, 4) is 11.5 Å². The van der Waals surface area contributed by atoms with Crippen LogP contribution in [0.2, 0.25) is 10.0 Å². The molecule has 0 saturated carbocycles. The van der Waals surface area contributed by atoms with Crippen molar-refractivity contribution in [2.75, 3.05) is 31.0 Å². The molecule has 1 saturated heterocycles. The monoisotopic (exact) mass is 611 g/mol. The van der Waals surface area contributed by atoms with Crippen molar-refractivity contribution in [1.29, 1.82) is 0 Å². The van der Waals surface area contributed by atoms with Crippen molar-refractivity contribution in [2.45, 2.75) is 6.92 Å². The fourth-order valence-corrected chi connectivity index (χ4v) is 4.35. The molecule has 2 N–H and O–H groups in total. The maximum atomic E-state index is 13.2. The van der Waals surface area contributed by atoms with E-state index in [2.05, 4.69) is 15.4 Å². The number of aryl methyl sites for hydroxylation is 1. The zero-order valence-corrected chi connectivity index (χ0v) is 24.0. The van der Waals surface area contributed by atoms with Gasteiger partial charge in [-0.15, -0.1) is 0 Å². The molecule has 0 spiro atoms. The minimum absolute atomic E-state index is 0.0300. The highest BCUT2D eigenvalue weighted by atomic mass is 35.5. The Bertz CT molecular complexity index is 1640. The van der Waals surface area contributed by atoms with Gasteiger partial charge in [-0.3, -0.25) is 19.7 Å². The van der Waals surface area contributed by atoms with Crippen molar-refractivity contribution < 1.29 is 38.2 Å². The highest BCUT2D eigenvalue weighted by Gasteiger charge is 2.37. The molecule has 13 heteroatoms.